The van der Waals surface area contributed by atoms with E-state index in [1.54, 1.807) is 0 Å². The van der Waals surface area contributed by atoms with Crippen LogP contribution in [-0.2, 0) is 13.0 Å². The molecule has 0 heterocycles. The van der Waals surface area contributed by atoms with Crippen molar-refractivity contribution in [3.05, 3.63) is 64.2 Å². The Morgan fingerprint density at radius 1 is 1.10 bits per heavy atom. The highest BCUT2D eigenvalue weighted by Gasteiger charge is 2.16. The van der Waals surface area contributed by atoms with Crippen molar-refractivity contribution < 1.29 is 9.94 Å². The predicted octanol–water partition coefficient (Wildman–Crippen LogP) is 4.43. The summed E-state index contributed by atoms with van der Waals surface area (Å²) in [5.41, 5.74) is 4.06. The summed E-state index contributed by atoms with van der Waals surface area (Å²) in [7, 11) is 0. The fraction of sp³-hybridized carbons (Fsp3) is 0.235. The molecule has 3 rings (SSSR count). The molecule has 4 heteroatoms. The van der Waals surface area contributed by atoms with Crippen LogP contribution in [0.3, 0.4) is 0 Å². The third kappa shape index (κ3) is 3.19. The zero-order valence-corrected chi connectivity index (χ0v) is 12.3. The van der Waals surface area contributed by atoms with Gasteiger partial charge in [0, 0.05) is 10.6 Å². The molecule has 0 aliphatic heterocycles. The molecule has 1 aliphatic carbocycles. The number of hydrogen-bond acceptors (Lipinski definition) is 3. The maximum atomic E-state index is 9.03. The molecule has 108 valence electrons. The van der Waals surface area contributed by atoms with E-state index in [9.17, 15) is 0 Å². The van der Waals surface area contributed by atoms with Crippen molar-refractivity contribution in [2.75, 3.05) is 0 Å². The lowest BCUT2D eigenvalue weighted by molar-refractivity contribution is 0.305. The van der Waals surface area contributed by atoms with Gasteiger partial charge in [0.15, 0.2) is 0 Å². The predicted molar refractivity (Wildman–Crippen MR) is 83.5 cm³/mol. The Kier molecular flexibility index (Phi) is 4.11. The Labute approximate surface area is 128 Å². The summed E-state index contributed by atoms with van der Waals surface area (Å²) < 4.78 is 5.82. The monoisotopic (exact) mass is 301 g/mol. The molecular formula is C17H16ClNO2. The number of hydrogen-bond donors (Lipinski definition) is 1. The van der Waals surface area contributed by atoms with E-state index >= 15 is 0 Å². The van der Waals surface area contributed by atoms with Gasteiger partial charge in [-0.25, -0.2) is 0 Å². The number of nitrogens with zero attached hydrogens (tertiary/aromatic N) is 1. The van der Waals surface area contributed by atoms with Crippen molar-refractivity contribution in [1.82, 2.24) is 0 Å². The third-order valence-electron chi connectivity index (χ3n) is 3.69. The summed E-state index contributed by atoms with van der Waals surface area (Å²) in [6.45, 7) is 0.511. The van der Waals surface area contributed by atoms with E-state index < -0.39 is 0 Å². The van der Waals surface area contributed by atoms with Crippen LogP contribution in [-0.4, -0.2) is 10.9 Å². The van der Waals surface area contributed by atoms with E-state index in [1.165, 1.54) is 5.56 Å². The standard InChI is InChI=1S/C17H16ClNO2/c18-14-6-4-12(5-7-14)11-21-15-8-9-16-13(10-15)2-1-3-17(16)19-20/h4-10,20H,1-3,11H2/b19-17+. The van der Waals surface area contributed by atoms with Gasteiger partial charge in [0.05, 0.1) is 5.71 Å². The van der Waals surface area contributed by atoms with Gasteiger partial charge in [-0.1, -0.05) is 28.9 Å². The molecule has 0 atom stereocenters. The summed E-state index contributed by atoms with van der Waals surface area (Å²) in [6, 6.07) is 13.6. The fourth-order valence-electron chi connectivity index (χ4n) is 2.58. The van der Waals surface area contributed by atoms with E-state index in [0.29, 0.717) is 6.61 Å². The quantitative estimate of drug-likeness (QED) is 0.673. The zero-order chi connectivity index (χ0) is 14.7. The second kappa shape index (κ2) is 6.19. The lowest BCUT2D eigenvalue weighted by Gasteiger charge is -2.18. The van der Waals surface area contributed by atoms with Crippen molar-refractivity contribution in [2.24, 2.45) is 5.16 Å². The highest BCUT2D eigenvalue weighted by molar-refractivity contribution is 6.30. The van der Waals surface area contributed by atoms with Gasteiger partial charge in [-0.2, -0.15) is 0 Å². The van der Waals surface area contributed by atoms with Gasteiger partial charge in [-0.3, -0.25) is 0 Å². The van der Waals surface area contributed by atoms with Crippen molar-refractivity contribution in [3.63, 3.8) is 0 Å². The molecule has 3 nitrogen and oxygen atoms in total. The average molecular weight is 302 g/mol. The number of aryl methyl sites for hydroxylation is 1. The number of fused-ring (bicyclic) bond motifs is 1. The Morgan fingerprint density at radius 2 is 1.90 bits per heavy atom. The lowest BCUT2D eigenvalue weighted by atomic mass is 9.90. The molecule has 2 aromatic carbocycles. The van der Waals surface area contributed by atoms with Crippen molar-refractivity contribution in [1.29, 1.82) is 0 Å². The number of halogens is 1. The molecule has 21 heavy (non-hydrogen) atoms. The van der Waals surface area contributed by atoms with E-state index in [-0.39, 0.29) is 0 Å². The van der Waals surface area contributed by atoms with Gasteiger partial charge in [0.2, 0.25) is 0 Å². The van der Waals surface area contributed by atoms with Crippen molar-refractivity contribution in [2.45, 2.75) is 25.9 Å². The SMILES string of the molecule is O/N=C1\CCCc2cc(OCc3ccc(Cl)cc3)ccc21. The first-order chi connectivity index (χ1) is 10.3. The highest BCUT2D eigenvalue weighted by atomic mass is 35.5. The van der Waals surface area contributed by atoms with Gasteiger partial charge < -0.3 is 9.94 Å². The van der Waals surface area contributed by atoms with Gasteiger partial charge in [-0.05, 0) is 60.7 Å². The van der Waals surface area contributed by atoms with Crippen LogP contribution >= 0.6 is 11.6 Å². The smallest absolute Gasteiger partial charge is 0.120 e. The second-order valence-corrected chi connectivity index (χ2v) is 5.57. The van der Waals surface area contributed by atoms with Crippen LogP contribution in [0.1, 0.15) is 29.5 Å². The van der Waals surface area contributed by atoms with Crippen LogP contribution in [0.5, 0.6) is 5.75 Å². The third-order valence-corrected chi connectivity index (χ3v) is 3.94. The summed E-state index contributed by atoms with van der Waals surface area (Å²) >= 11 is 5.86. The summed E-state index contributed by atoms with van der Waals surface area (Å²) in [6.07, 6.45) is 2.83. The molecule has 0 spiro atoms. The summed E-state index contributed by atoms with van der Waals surface area (Å²) in [5, 5.41) is 13.1. The first-order valence-electron chi connectivity index (χ1n) is 6.98. The molecule has 0 fully saturated rings. The van der Waals surface area contributed by atoms with Gasteiger partial charge in [-0.15, -0.1) is 0 Å². The fourth-order valence-corrected chi connectivity index (χ4v) is 2.71. The molecule has 0 radical (unpaired) electrons. The average Bonchev–Trinajstić information content (AvgIpc) is 2.53. The van der Waals surface area contributed by atoms with Crippen LogP contribution in [0.4, 0.5) is 0 Å². The Hall–Kier alpha value is -2.00. The van der Waals surface area contributed by atoms with E-state index in [4.69, 9.17) is 21.5 Å². The van der Waals surface area contributed by atoms with Gasteiger partial charge in [0.25, 0.3) is 0 Å². The van der Waals surface area contributed by atoms with Crippen molar-refractivity contribution >= 4 is 17.3 Å². The molecule has 0 bridgehead atoms. The molecule has 0 saturated carbocycles. The molecule has 0 saturated heterocycles. The lowest BCUT2D eigenvalue weighted by Crippen LogP contribution is -2.12. The minimum Gasteiger partial charge on any atom is -0.489 e. The molecular weight excluding hydrogens is 286 g/mol. The summed E-state index contributed by atoms with van der Waals surface area (Å²) in [4.78, 5) is 0. The van der Waals surface area contributed by atoms with Gasteiger partial charge >= 0.3 is 0 Å². The van der Waals surface area contributed by atoms with E-state index in [2.05, 4.69) is 5.16 Å². The van der Waals surface area contributed by atoms with Crippen molar-refractivity contribution in [3.8, 4) is 5.75 Å². The molecule has 0 amide bonds. The molecule has 1 aliphatic rings. The molecule has 2 aromatic rings. The van der Waals surface area contributed by atoms with Crippen LogP contribution < -0.4 is 4.74 Å². The largest absolute Gasteiger partial charge is 0.489 e. The molecule has 0 unspecified atom stereocenters. The highest BCUT2D eigenvalue weighted by Crippen LogP contribution is 2.26. The Bertz CT molecular complexity index is 665. The molecule has 0 aromatic heterocycles. The Morgan fingerprint density at radius 3 is 2.67 bits per heavy atom. The van der Waals surface area contributed by atoms with Crippen LogP contribution in [0.25, 0.3) is 0 Å². The second-order valence-electron chi connectivity index (χ2n) is 5.13. The normalized spacial score (nSPS) is 15.8. The van der Waals surface area contributed by atoms with E-state index in [1.807, 2.05) is 42.5 Å². The molecule has 1 N–H and O–H groups in total. The van der Waals surface area contributed by atoms with Crippen LogP contribution in [0, 0.1) is 0 Å². The Balaban J connectivity index is 1.73. The number of benzene rings is 2. The van der Waals surface area contributed by atoms with E-state index in [0.717, 1.165) is 46.9 Å². The minimum atomic E-state index is 0.511. The summed E-state index contributed by atoms with van der Waals surface area (Å²) in [5.74, 6) is 0.836. The minimum absolute atomic E-state index is 0.511. The zero-order valence-electron chi connectivity index (χ0n) is 11.6. The van der Waals surface area contributed by atoms with Crippen LogP contribution in [0.2, 0.25) is 5.02 Å². The number of ether oxygens (including phenoxy) is 1. The van der Waals surface area contributed by atoms with Crippen LogP contribution in [0.15, 0.2) is 47.6 Å². The number of rotatable bonds is 3. The maximum absolute atomic E-state index is 9.03. The first-order valence-corrected chi connectivity index (χ1v) is 7.35. The topological polar surface area (TPSA) is 41.8 Å². The van der Waals surface area contributed by atoms with Gasteiger partial charge in [0.1, 0.15) is 12.4 Å². The maximum Gasteiger partial charge on any atom is 0.120 e. The first kappa shape index (κ1) is 14.0. The number of oxime groups is 1.